The number of fused-ring (bicyclic) bond motifs is 6. The van der Waals surface area contributed by atoms with Crippen LogP contribution >= 0.6 is 20.8 Å². The summed E-state index contributed by atoms with van der Waals surface area (Å²) < 4.78 is 25.3. The maximum Gasteiger partial charge on any atom is 0.123 e. The second kappa shape index (κ2) is 14.3. The first-order chi connectivity index (χ1) is 18.7. The first-order valence-electron chi connectivity index (χ1n) is 13.3. The Kier molecular flexibility index (Phi) is 10.9. The number of hydrogen-bond acceptors (Lipinski definition) is 7. The van der Waals surface area contributed by atoms with E-state index in [2.05, 4.69) is 73.5 Å². The van der Waals surface area contributed by atoms with Gasteiger partial charge >= 0.3 is 0 Å². The number of ether oxygens (including phenoxy) is 3. The zero-order valence-electron chi connectivity index (χ0n) is 23.2. The molecular weight excluding hydrogens is 531 g/mol. The lowest BCUT2D eigenvalue weighted by Crippen LogP contribution is -2.51. The number of para-hydroxylation sites is 3. The Morgan fingerprint density at radius 2 is 0.821 bits per heavy atom. The van der Waals surface area contributed by atoms with Gasteiger partial charge in [0.25, 0.3) is 0 Å². The summed E-state index contributed by atoms with van der Waals surface area (Å²) in [7, 11) is 4.51. The molecule has 0 aromatic heterocycles. The van der Waals surface area contributed by atoms with Crippen LogP contribution in [0.15, 0.2) is 72.8 Å². The van der Waals surface area contributed by atoms with Gasteiger partial charge in [-0.2, -0.15) is 0 Å². The molecule has 0 spiro atoms. The topological polar surface area (TPSA) is 40.7 Å². The van der Waals surface area contributed by atoms with Crippen LogP contribution in [0.25, 0.3) is 0 Å². The Bertz CT molecular complexity index is 1060. The molecule has 6 rings (SSSR count). The molecule has 3 aliphatic heterocycles. The number of methoxy groups -OCH3 is 3. The summed E-state index contributed by atoms with van der Waals surface area (Å²) in [6.45, 7) is 8.80. The minimum Gasteiger partial charge on any atom is -0.496 e. The molecule has 3 aromatic rings. The molecule has 7 nitrogen and oxygen atoms in total. The summed E-state index contributed by atoms with van der Waals surface area (Å²) in [6.07, 6.45) is 0. The van der Waals surface area contributed by atoms with Crippen molar-refractivity contribution in [2.24, 2.45) is 0 Å². The van der Waals surface area contributed by atoms with Gasteiger partial charge in [-0.3, -0.25) is 18.9 Å². The van der Waals surface area contributed by atoms with E-state index in [1.807, 2.05) is 18.2 Å². The van der Waals surface area contributed by atoms with Crippen LogP contribution in [0, 0.1) is 0 Å². The van der Waals surface area contributed by atoms with Gasteiger partial charge in [0.1, 0.15) is 25.6 Å². The molecule has 0 N–H and O–H groups in total. The minimum absolute atomic E-state index is 0. The fourth-order valence-corrected chi connectivity index (χ4v) is 8.14. The second-order valence-corrected chi connectivity index (χ2v) is 11.9. The third kappa shape index (κ3) is 7.04. The molecule has 0 amide bonds. The van der Waals surface area contributed by atoms with E-state index in [4.69, 9.17) is 14.2 Å². The van der Waals surface area contributed by atoms with Crippen LogP contribution < -0.4 is 14.2 Å². The van der Waals surface area contributed by atoms with Crippen molar-refractivity contribution in [3.63, 3.8) is 0 Å². The maximum atomic E-state index is 5.76. The zero-order valence-corrected chi connectivity index (χ0v) is 24.9. The van der Waals surface area contributed by atoms with Gasteiger partial charge in [-0.1, -0.05) is 54.6 Å². The van der Waals surface area contributed by atoms with Gasteiger partial charge in [0.15, 0.2) is 0 Å². The van der Waals surface area contributed by atoms with Gasteiger partial charge in [0, 0.05) is 75.6 Å². The van der Waals surface area contributed by atoms with Gasteiger partial charge in [0.05, 0.1) is 21.3 Å². The molecule has 0 aliphatic carbocycles. The number of benzene rings is 3. The summed E-state index contributed by atoms with van der Waals surface area (Å²) >= 11 is 0. The SMILES string of the molecule is COc1ccccc1CN1CCN2CCN(Cc3ccccc3OC)P1N(Cc1ccccc1OC)CC2.Cl. The highest BCUT2D eigenvalue weighted by Gasteiger charge is 2.37. The molecule has 3 aliphatic rings. The van der Waals surface area contributed by atoms with E-state index in [0.29, 0.717) is 0 Å². The molecule has 3 aromatic carbocycles. The second-order valence-electron chi connectivity index (χ2n) is 9.71. The van der Waals surface area contributed by atoms with Crippen LogP contribution in [0.5, 0.6) is 17.2 Å². The Balaban J connectivity index is 0.00000353. The monoisotopic (exact) mass is 570 g/mol. The van der Waals surface area contributed by atoms with E-state index in [1.54, 1.807) is 21.3 Å². The van der Waals surface area contributed by atoms with Gasteiger partial charge in [-0.25, -0.2) is 0 Å². The van der Waals surface area contributed by atoms with Crippen LogP contribution in [-0.2, 0) is 19.6 Å². The predicted molar refractivity (Wildman–Crippen MR) is 161 cm³/mol. The number of rotatable bonds is 9. The van der Waals surface area contributed by atoms with E-state index >= 15 is 0 Å². The molecule has 39 heavy (non-hydrogen) atoms. The molecular formula is C30H40ClN4O3P. The van der Waals surface area contributed by atoms with Crippen LogP contribution in [0.1, 0.15) is 16.7 Å². The molecule has 210 valence electrons. The number of hydrogen-bond donors (Lipinski definition) is 0. The van der Waals surface area contributed by atoms with Crippen molar-refractivity contribution in [2.45, 2.75) is 19.6 Å². The highest BCUT2D eigenvalue weighted by atomic mass is 35.5. The Morgan fingerprint density at radius 3 is 1.13 bits per heavy atom. The zero-order chi connectivity index (χ0) is 26.3. The van der Waals surface area contributed by atoms with Crippen molar-refractivity contribution in [1.29, 1.82) is 0 Å². The fraction of sp³-hybridized carbons (Fsp3) is 0.400. The molecule has 3 saturated heterocycles. The van der Waals surface area contributed by atoms with Crippen LogP contribution in [0.4, 0.5) is 0 Å². The molecule has 0 unspecified atom stereocenters. The van der Waals surface area contributed by atoms with E-state index in [0.717, 1.165) is 76.2 Å². The summed E-state index contributed by atoms with van der Waals surface area (Å²) in [5, 5.41) is 0. The fourth-order valence-electron chi connectivity index (χ4n) is 5.43. The summed E-state index contributed by atoms with van der Waals surface area (Å²) in [6, 6.07) is 25.3. The molecule has 3 fully saturated rings. The van der Waals surface area contributed by atoms with Crippen molar-refractivity contribution in [3.8, 4) is 17.2 Å². The van der Waals surface area contributed by atoms with Gasteiger partial charge in [-0.15, -0.1) is 12.4 Å². The van der Waals surface area contributed by atoms with Crippen LogP contribution in [0.2, 0.25) is 0 Å². The lowest BCUT2D eigenvalue weighted by Gasteiger charge is -2.50. The third-order valence-electron chi connectivity index (χ3n) is 7.42. The van der Waals surface area contributed by atoms with E-state index in [9.17, 15) is 0 Å². The van der Waals surface area contributed by atoms with Crippen molar-refractivity contribution >= 4 is 20.8 Å². The van der Waals surface area contributed by atoms with Crippen molar-refractivity contribution in [2.75, 3.05) is 60.6 Å². The Hall–Kier alpha value is -2.38. The van der Waals surface area contributed by atoms with Gasteiger partial charge < -0.3 is 14.2 Å². The minimum atomic E-state index is -0.784. The smallest absolute Gasteiger partial charge is 0.123 e. The normalized spacial score (nSPS) is 20.4. The van der Waals surface area contributed by atoms with E-state index < -0.39 is 8.37 Å². The van der Waals surface area contributed by atoms with Gasteiger partial charge in [0.2, 0.25) is 0 Å². The quantitative estimate of drug-likeness (QED) is 0.315. The molecule has 0 radical (unpaired) electrons. The van der Waals surface area contributed by atoms with Crippen molar-refractivity contribution in [1.82, 2.24) is 18.9 Å². The largest absolute Gasteiger partial charge is 0.496 e. The van der Waals surface area contributed by atoms with Crippen LogP contribution in [-0.4, -0.2) is 79.5 Å². The predicted octanol–water partition coefficient (Wildman–Crippen LogP) is 5.50. The molecule has 9 heteroatoms. The molecule has 3 heterocycles. The lowest BCUT2D eigenvalue weighted by atomic mass is 10.2. The highest BCUT2D eigenvalue weighted by Crippen LogP contribution is 2.52. The summed E-state index contributed by atoms with van der Waals surface area (Å²) in [4.78, 5) is 2.62. The molecule has 0 saturated carbocycles. The van der Waals surface area contributed by atoms with E-state index in [1.165, 1.54) is 16.7 Å². The number of halogens is 1. The first-order valence-corrected chi connectivity index (χ1v) is 14.5. The standard InChI is InChI=1S/C30H39N4O3P.ClH/c1-35-28-13-7-4-10-25(28)22-32-19-16-31-17-20-33(23-26-11-5-8-14-29(26)36-2)38(32)34(21-18-31)24-27-12-6-9-15-30(27)37-3;/h4-15H,16-24H2,1-3H3;1H. The van der Waals surface area contributed by atoms with Crippen molar-refractivity contribution in [3.05, 3.63) is 89.5 Å². The molecule has 2 bridgehead atoms. The average molecular weight is 571 g/mol. The summed E-state index contributed by atoms with van der Waals surface area (Å²) in [5.74, 6) is 2.85. The van der Waals surface area contributed by atoms with Crippen molar-refractivity contribution < 1.29 is 14.2 Å². The van der Waals surface area contributed by atoms with Gasteiger partial charge in [-0.05, 0) is 18.2 Å². The maximum absolute atomic E-state index is 5.76. The lowest BCUT2D eigenvalue weighted by molar-refractivity contribution is 0.158. The van der Waals surface area contributed by atoms with Crippen LogP contribution in [0.3, 0.4) is 0 Å². The Morgan fingerprint density at radius 1 is 0.513 bits per heavy atom. The average Bonchev–Trinajstić information content (AvgIpc) is 2.94. The highest BCUT2D eigenvalue weighted by molar-refractivity contribution is 7.50. The summed E-state index contributed by atoms with van der Waals surface area (Å²) in [5.41, 5.74) is 3.68. The third-order valence-corrected chi connectivity index (χ3v) is 9.96. The molecule has 0 atom stereocenters. The first kappa shape index (κ1) is 29.6. The Labute approximate surface area is 240 Å². The number of nitrogens with zero attached hydrogens (tertiary/aromatic N) is 4. The van der Waals surface area contributed by atoms with E-state index in [-0.39, 0.29) is 12.4 Å².